The predicted octanol–water partition coefficient (Wildman–Crippen LogP) is 3.39. The first-order valence-electron chi connectivity index (χ1n) is 6.40. The van der Waals surface area contributed by atoms with Crippen molar-refractivity contribution in [3.05, 3.63) is 40.7 Å². The van der Waals surface area contributed by atoms with Gasteiger partial charge in [0.05, 0.1) is 16.4 Å². The van der Waals surface area contributed by atoms with Crippen molar-refractivity contribution in [2.75, 3.05) is 5.32 Å². The highest BCUT2D eigenvalue weighted by atomic mass is 35.5. The van der Waals surface area contributed by atoms with Crippen LogP contribution in [-0.4, -0.2) is 22.3 Å². The molecule has 8 heteroatoms. The van der Waals surface area contributed by atoms with Crippen LogP contribution >= 0.6 is 11.6 Å². The predicted molar refractivity (Wildman–Crippen MR) is 78.4 cm³/mol. The van der Waals surface area contributed by atoms with Crippen LogP contribution < -0.4 is 10.1 Å². The number of alkyl halides is 2. The number of nitrogens with one attached hydrogen (secondary N) is 1. The minimum absolute atomic E-state index is 0.0877. The van der Waals surface area contributed by atoms with E-state index in [2.05, 4.69) is 15.2 Å². The lowest BCUT2D eigenvalue weighted by molar-refractivity contribution is -0.117. The van der Waals surface area contributed by atoms with Gasteiger partial charge in [-0.15, -0.1) is 0 Å². The summed E-state index contributed by atoms with van der Waals surface area (Å²) in [5.74, 6) is -0.521. The molecule has 1 N–H and O–H groups in total. The molecule has 0 aliphatic rings. The zero-order chi connectivity index (χ0) is 16.3. The van der Waals surface area contributed by atoms with E-state index in [1.807, 2.05) is 0 Å². The van der Waals surface area contributed by atoms with Crippen molar-refractivity contribution in [2.45, 2.75) is 27.0 Å². The zero-order valence-corrected chi connectivity index (χ0v) is 12.7. The molecule has 0 fully saturated rings. The van der Waals surface area contributed by atoms with Crippen LogP contribution in [0.4, 0.5) is 14.5 Å². The topological polar surface area (TPSA) is 56.1 Å². The summed E-state index contributed by atoms with van der Waals surface area (Å²) in [4.78, 5) is 12.0. The van der Waals surface area contributed by atoms with Crippen LogP contribution in [0.5, 0.6) is 5.75 Å². The van der Waals surface area contributed by atoms with E-state index in [0.717, 1.165) is 5.56 Å². The number of anilines is 1. The molecule has 0 spiro atoms. The third-order valence-corrected chi connectivity index (χ3v) is 3.19. The molecule has 5 nitrogen and oxygen atoms in total. The fourth-order valence-electron chi connectivity index (χ4n) is 1.85. The second-order valence-corrected chi connectivity index (χ2v) is 5.09. The molecular weight excluding hydrogens is 316 g/mol. The molecule has 0 aliphatic carbocycles. The Bertz CT molecular complexity index is 669. The molecule has 118 valence electrons. The fraction of sp³-hybridized carbons (Fsp3) is 0.286. The summed E-state index contributed by atoms with van der Waals surface area (Å²) in [7, 11) is 0. The van der Waals surface area contributed by atoms with E-state index in [1.165, 1.54) is 16.9 Å². The van der Waals surface area contributed by atoms with Crippen molar-refractivity contribution >= 4 is 23.2 Å². The standard InChI is InChI=1S/C14H14ClF2N3O2/c1-8-3-4-12(22-14(16)17)11(5-8)18-13(21)7-20-6-10(15)9(2)19-20/h3-6,14H,7H2,1-2H3,(H,18,21). The van der Waals surface area contributed by atoms with E-state index < -0.39 is 12.5 Å². The van der Waals surface area contributed by atoms with Crippen molar-refractivity contribution in [2.24, 2.45) is 0 Å². The van der Waals surface area contributed by atoms with Gasteiger partial charge < -0.3 is 10.1 Å². The highest BCUT2D eigenvalue weighted by molar-refractivity contribution is 6.31. The number of carbonyl (C=O) groups is 1. The minimum Gasteiger partial charge on any atom is -0.433 e. The van der Waals surface area contributed by atoms with E-state index in [9.17, 15) is 13.6 Å². The summed E-state index contributed by atoms with van der Waals surface area (Å²) < 4.78 is 30.5. The highest BCUT2D eigenvalue weighted by Gasteiger charge is 2.13. The van der Waals surface area contributed by atoms with Crippen LogP contribution in [0.1, 0.15) is 11.3 Å². The zero-order valence-electron chi connectivity index (χ0n) is 11.9. The molecule has 1 aromatic carbocycles. The molecule has 2 aromatic rings. The van der Waals surface area contributed by atoms with Gasteiger partial charge in [0.25, 0.3) is 0 Å². The first-order chi connectivity index (χ1) is 10.3. The average molecular weight is 330 g/mol. The van der Waals surface area contributed by atoms with Gasteiger partial charge in [-0.05, 0) is 31.5 Å². The van der Waals surface area contributed by atoms with E-state index in [-0.39, 0.29) is 18.0 Å². The number of aryl methyl sites for hydroxylation is 2. The number of aromatic nitrogens is 2. The number of carbonyl (C=O) groups excluding carboxylic acids is 1. The first-order valence-corrected chi connectivity index (χ1v) is 6.78. The molecule has 2 rings (SSSR count). The summed E-state index contributed by atoms with van der Waals surface area (Å²) in [5.41, 5.74) is 1.59. The molecule has 1 amide bonds. The lowest BCUT2D eigenvalue weighted by Crippen LogP contribution is -2.20. The van der Waals surface area contributed by atoms with Gasteiger partial charge in [0.2, 0.25) is 5.91 Å². The number of rotatable bonds is 5. The first kappa shape index (κ1) is 16.2. The normalized spacial score (nSPS) is 10.8. The lowest BCUT2D eigenvalue weighted by Gasteiger charge is -2.12. The van der Waals surface area contributed by atoms with Gasteiger partial charge in [0.15, 0.2) is 0 Å². The van der Waals surface area contributed by atoms with E-state index in [0.29, 0.717) is 10.7 Å². The Balaban J connectivity index is 2.11. The maximum atomic E-state index is 12.4. The molecule has 1 heterocycles. The van der Waals surface area contributed by atoms with Gasteiger partial charge >= 0.3 is 6.61 Å². The average Bonchev–Trinajstić information content (AvgIpc) is 2.71. The number of hydrogen-bond donors (Lipinski definition) is 1. The molecule has 0 bridgehead atoms. The summed E-state index contributed by atoms with van der Waals surface area (Å²) in [6.45, 7) is 0.436. The smallest absolute Gasteiger partial charge is 0.387 e. The Morgan fingerprint density at radius 2 is 2.18 bits per heavy atom. The maximum absolute atomic E-state index is 12.4. The van der Waals surface area contributed by atoms with Crippen LogP contribution in [0.25, 0.3) is 0 Å². The Hall–Kier alpha value is -2.15. The van der Waals surface area contributed by atoms with Crippen molar-refractivity contribution in [1.29, 1.82) is 0 Å². The Labute approximate surface area is 130 Å². The Morgan fingerprint density at radius 1 is 1.45 bits per heavy atom. The van der Waals surface area contributed by atoms with E-state index >= 15 is 0 Å². The quantitative estimate of drug-likeness (QED) is 0.914. The summed E-state index contributed by atoms with van der Waals surface area (Å²) in [6, 6.07) is 4.55. The number of benzene rings is 1. The van der Waals surface area contributed by atoms with Gasteiger partial charge in [0.1, 0.15) is 12.3 Å². The lowest BCUT2D eigenvalue weighted by atomic mass is 10.2. The van der Waals surface area contributed by atoms with E-state index in [4.69, 9.17) is 11.6 Å². The largest absolute Gasteiger partial charge is 0.433 e. The van der Waals surface area contributed by atoms with Crippen molar-refractivity contribution in [3.8, 4) is 5.75 Å². The fourth-order valence-corrected chi connectivity index (χ4v) is 2.00. The minimum atomic E-state index is -2.97. The molecule has 0 saturated carbocycles. The number of nitrogens with zero attached hydrogens (tertiary/aromatic N) is 2. The van der Waals surface area contributed by atoms with E-state index in [1.54, 1.807) is 26.0 Å². The third kappa shape index (κ3) is 4.17. The maximum Gasteiger partial charge on any atom is 0.387 e. The molecule has 1 aromatic heterocycles. The monoisotopic (exact) mass is 329 g/mol. The van der Waals surface area contributed by atoms with Crippen molar-refractivity contribution in [1.82, 2.24) is 9.78 Å². The molecule has 0 saturated heterocycles. The molecule has 0 aliphatic heterocycles. The molecular formula is C14H14ClF2N3O2. The van der Waals surface area contributed by atoms with Crippen LogP contribution in [0.2, 0.25) is 5.02 Å². The highest BCUT2D eigenvalue weighted by Crippen LogP contribution is 2.27. The molecule has 0 atom stereocenters. The van der Waals surface area contributed by atoms with Crippen LogP contribution in [0.3, 0.4) is 0 Å². The van der Waals surface area contributed by atoms with Crippen LogP contribution in [0, 0.1) is 13.8 Å². The second kappa shape index (κ2) is 6.74. The van der Waals surface area contributed by atoms with Gasteiger partial charge in [-0.3, -0.25) is 9.48 Å². The molecule has 0 unspecified atom stereocenters. The van der Waals surface area contributed by atoms with Gasteiger partial charge in [-0.2, -0.15) is 13.9 Å². The van der Waals surface area contributed by atoms with Gasteiger partial charge in [-0.1, -0.05) is 17.7 Å². The Kier molecular flexibility index (Phi) is 4.97. The van der Waals surface area contributed by atoms with Crippen molar-refractivity contribution in [3.63, 3.8) is 0 Å². The summed E-state index contributed by atoms with van der Waals surface area (Å²) in [5, 5.41) is 7.03. The summed E-state index contributed by atoms with van der Waals surface area (Å²) in [6.07, 6.45) is 1.52. The third-order valence-electron chi connectivity index (χ3n) is 2.82. The number of halogens is 3. The Morgan fingerprint density at radius 3 is 2.77 bits per heavy atom. The number of amides is 1. The van der Waals surface area contributed by atoms with Crippen molar-refractivity contribution < 1.29 is 18.3 Å². The van der Waals surface area contributed by atoms with Crippen LogP contribution in [-0.2, 0) is 11.3 Å². The second-order valence-electron chi connectivity index (χ2n) is 4.69. The molecule has 22 heavy (non-hydrogen) atoms. The summed E-state index contributed by atoms with van der Waals surface area (Å²) >= 11 is 5.86. The molecule has 0 radical (unpaired) electrons. The number of hydrogen-bond acceptors (Lipinski definition) is 3. The van der Waals surface area contributed by atoms with Crippen LogP contribution in [0.15, 0.2) is 24.4 Å². The van der Waals surface area contributed by atoms with Gasteiger partial charge in [-0.25, -0.2) is 0 Å². The number of ether oxygens (including phenoxy) is 1. The van der Waals surface area contributed by atoms with Gasteiger partial charge in [0, 0.05) is 6.20 Å². The SMILES string of the molecule is Cc1ccc(OC(F)F)c(NC(=O)Cn2cc(Cl)c(C)n2)c1.